The zero-order valence-corrected chi connectivity index (χ0v) is 12.4. The lowest BCUT2D eigenvalue weighted by Crippen LogP contribution is -2.31. The largest absolute Gasteiger partial charge is 0.465 e. The average molecular weight is 290 g/mol. The van der Waals surface area contributed by atoms with Crippen LogP contribution in [0, 0.1) is 13.8 Å². The molecule has 6 heteroatoms. The molecule has 2 rings (SSSR count). The third-order valence-electron chi connectivity index (χ3n) is 3.04. The van der Waals surface area contributed by atoms with Crippen LogP contribution in [-0.4, -0.2) is 30.2 Å². The lowest BCUT2D eigenvalue weighted by atomic mass is 10.1. The molecule has 0 atom stereocenters. The van der Waals surface area contributed by atoms with E-state index in [2.05, 4.69) is 10.5 Å². The van der Waals surface area contributed by atoms with E-state index in [0.29, 0.717) is 17.9 Å². The minimum Gasteiger partial charge on any atom is -0.465 e. The van der Waals surface area contributed by atoms with Crippen molar-refractivity contribution in [1.82, 2.24) is 10.5 Å². The maximum absolute atomic E-state index is 11.8. The van der Waals surface area contributed by atoms with Crippen molar-refractivity contribution in [3.8, 4) is 0 Å². The van der Waals surface area contributed by atoms with E-state index in [0.717, 1.165) is 16.5 Å². The summed E-state index contributed by atoms with van der Waals surface area (Å²) in [5.74, 6) is -0.750. The van der Waals surface area contributed by atoms with Crippen LogP contribution in [0.4, 0.5) is 0 Å². The second-order valence-corrected chi connectivity index (χ2v) is 4.85. The number of carbonyl (C=O) groups excluding carboxylic acids is 2. The van der Waals surface area contributed by atoms with Crippen molar-refractivity contribution in [2.24, 2.45) is 0 Å². The Labute approximate surface area is 122 Å². The highest BCUT2D eigenvalue weighted by atomic mass is 16.5. The number of aromatic nitrogens is 1. The molecule has 6 nitrogen and oxygen atoms in total. The summed E-state index contributed by atoms with van der Waals surface area (Å²) in [5, 5.41) is 7.29. The number of amides is 1. The molecule has 0 saturated carbocycles. The van der Waals surface area contributed by atoms with Gasteiger partial charge >= 0.3 is 5.97 Å². The lowest BCUT2D eigenvalue weighted by molar-refractivity contribution is -0.143. The topological polar surface area (TPSA) is 81.4 Å². The predicted octanol–water partition coefficient (Wildman–Crippen LogP) is 1.67. The molecule has 0 fully saturated rings. The van der Waals surface area contributed by atoms with Crippen molar-refractivity contribution < 1.29 is 18.8 Å². The number of ether oxygens (including phenoxy) is 1. The fourth-order valence-corrected chi connectivity index (χ4v) is 2.16. The molecular formula is C15H18N2O4. The molecule has 0 aliphatic heterocycles. The molecule has 1 aromatic heterocycles. The summed E-state index contributed by atoms with van der Waals surface area (Å²) in [7, 11) is 0. The fraction of sp³-hybridized carbons (Fsp3) is 0.400. The minimum atomic E-state index is -0.456. The minimum absolute atomic E-state index is 0.0648. The summed E-state index contributed by atoms with van der Waals surface area (Å²) in [6.45, 7) is 5.78. The van der Waals surface area contributed by atoms with Gasteiger partial charge in [-0.1, -0.05) is 11.2 Å². The highest BCUT2D eigenvalue weighted by molar-refractivity contribution is 5.89. The van der Waals surface area contributed by atoms with Crippen LogP contribution in [0.25, 0.3) is 11.0 Å². The summed E-state index contributed by atoms with van der Waals surface area (Å²) in [5.41, 5.74) is 3.32. The molecule has 0 radical (unpaired) electrons. The van der Waals surface area contributed by atoms with Gasteiger partial charge in [0.2, 0.25) is 5.91 Å². The second kappa shape index (κ2) is 6.39. The van der Waals surface area contributed by atoms with E-state index in [1.807, 2.05) is 26.0 Å². The number of hydrogen-bond donors (Lipinski definition) is 1. The molecule has 112 valence electrons. The first-order valence-corrected chi connectivity index (χ1v) is 6.79. The van der Waals surface area contributed by atoms with Gasteiger partial charge < -0.3 is 14.6 Å². The highest BCUT2D eigenvalue weighted by Gasteiger charge is 2.15. The van der Waals surface area contributed by atoms with Crippen LogP contribution < -0.4 is 5.32 Å². The lowest BCUT2D eigenvalue weighted by Gasteiger charge is -2.04. The normalized spacial score (nSPS) is 10.6. The molecule has 21 heavy (non-hydrogen) atoms. The van der Waals surface area contributed by atoms with Gasteiger partial charge in [-0.2, -0.15) is 0 Å². The molecule has 0 bridgehead atoms. The SMILES string of the molecule is CCOC(=O)CNC(=O)Cc1noc2c(C)cc(C)cc12. The zero-order valence-electron chi connectivity index (χ0n) is 12.4. The Morgan fingerprint density at radius 2 is 2.10 bits per heavy atom. The number of aryl methyl sites for hydroxylation is 2. The zero-order chi connectivity index (χ0) is 15.4. The van der Waals surface area contributed by atoms with Gasteiger partial charge in [0.15, 0.2) is 5.58 Å². The van der Waals surface area contributed by atoms with E-state index in [9.17, 15) is 9.59 Å². The van der Waals surface area contributed by atoms with E-state index < -0.39 is 5.97 Å². The van der Waals surface area contributed by atoms with Crippen LogP contribution in [0.2, 0.25) is 0 Å². The van der Waals surface area contributed by atoms with E-state index in [4.69, 9.17) is 9.26 Å². The summed E-state index contributed by atoms with van der Waals surface area (Å²) in [6.07, 6.45) is 0.0648. The second-order valence-electron chi connectivity index (χ2n) is 4.85. The molecule has 1 heterocycles. The number of rotatable bonds is 5. The first kappa shape index (κ1) is 15.0. The van der Waals surface area contributed by atoms with Crippen LogP contribution in [0.5, 0.6) is 0 Å². The highest BCUT2D eigenvalue weighted by Crippen LogP contribution is 2.23. The molecule has 2 aromatic rings. The fourth-order valence-electron chi connectivity index (χ4n) is 2.16. The Hall–Kier alpha value is -2.37. The van der Waals surface area contributed by atoms with Crippen molar-refractivity contribution >= 4 is 22.8 Å². The van der Waals surface area contributed by atoms with Crippen LogP contribution in [-0.2, 0) is 20.7 Å². The van der Waals surface area contributed by atoms with Crippen LogP contribution in [0.15, 0.2) is 16.7 Å². The van der Waals surface area contributed by atoms with E-state index >= 15 is 0 Å². The summed E-state index contributed by atoms with van der Waals surface area (Å²) >= 11 is 0. The molecular weight excluding hydrogens is 272 g/mol. The van der Waals surface area contributed by atoms with Crippen LogP contribution >= 0.6 is 0 Å². The maximum Gasteiger partial charge on any atom is 0.325 e. The monoisotopic (exact) mass is 290 g/mol. The molecule has 0 unspecified atom stereocenters. The third-order valence-corrected chi connectivity index (χ3v) is 3.04. The van der Waals surface area contributed by atoms with Gasteiger partial charge in [-0.25, -0.2) is 0 Å². The molecule has 0 aliphatic carbocycles. The smallest absolute Gasteiger partial charge is 0.325 e. The van der Waals surface area contributed by atoms with Gasteiger partial charge in [0.1, 0.15) is 12.2 Å². The maximum atomic E-state index is 11.8. The van der Waals surface area contributed by atoms with E-state index in [1.165, 1.54) is 0 Å². The Bertz CT molecular complexity index is 676. The van der Waals surface area contributed by atoms with Gasteiger partial charge in [-0.3, -0.25) is 9.59 Å². The number of fused-ring (bicyclic) bond motifs is 1. The number of esters is 1. The quantitative estimate of drug-likeness (QED) is 0.847. The Balaban J connectivity index is 2.06. The number of carbonyl (C=O) groups is 2. The van der Waals surface area contributed by atoms with Crippen LogP contribution in [0.1, 0.15) is 23.7 Å². The van der Waals surface area contributed by atoms with E-state index in [-0.39, 0.29) is 18.9 Å². The van der Waals surface area contributed by atoms with Crippen molar-refractivity contribution in [3.63, 3.8) is 0 Å². The predicted molar refractivity (Wildman–Crippen MR) is 76.8 cm³/mol. The van der Waals surface area contributed by atoms with Gasteiger partial charge in [-0.15, -0.1) is 0 Å². The van der Waals surface area contributed by atoms with Gasteiger partial charge in [0.25, 0.3) is 0 Å². The summed E-state index contributed by atoms with van der Waals surface area (Å²) < 4.78 is 10.0. The number of benzene rings is 1. The number of nitrogens with zero attached hydrogens (tertiary/aromatic N) is 1. The van der Waals surface area contributed by atoms with Crippen molar-refractivity contribution in [2.45, 2.75) is 27.2 Å². The van der Waals surface area contributed by atoms with Gasteiger partial charge in [0, 0.05) is 5.39 Å². The third kappa shape index (κ3) is 3.59. The first-order chi connectivity index (χ1) is 10.0. The Morgan fingerprint density at radius 3 is 2.81 bits per heavy atom. The first-order valence-electron chi connectivity index (χ1n) is 6.79. The van der Waals surface area contributed by atoms with E-state index in [1.54, 1.807) is 6.92 Å². The molecule has 0 aliphatic rings. The van der Waals surface area contributed by atoms with Gasteiger partial charge in [0.05, 0.1) is 13.0 Å². The summed E-state index contributed by atoms with van der Waals surface area (Å²) in [4.78, 5) is 23.0. The standard InChI is InChI=1S/C15H18N2O4/c1-4-20-14(19)8-16-13(18)7-12-11-6-9(2)5-10(3)15(11)21-17-12/h5-6H,4,7-8H2,1-3H3,(H,16,18). The van der Waals surface area contributed by atoms with Gasteiger partial charge in [-0.05, 0) is 38.0 Å². The molecule has 1 N–H and O–H groups in total. The molecule has 1 amide bonds. The number of hydrogen-bond acceptors (Lipinski definition) is 5. The van der Waals surface area contributed by atoms with Crippen LogP contribution in [0.3, 0.4) is 0 Å². The molecule has 1 aromatic carbocycles. The van der Waals surface area contributed by atoms with Crippen molar-refractivity contribution in [3.05, 3.63) is 29.0 Å². The molecule has 0 saturated heterocycles. The van der Waals surface area contributed by atoms with Crippen molar-refractivity contribution in [1.29, 1.82) is 0 Å². The van der Waals surface area contributed by atoms with Crippen molar-refractivity contribution in [2.75, 3.05) is 13.2 Å². The Morgan fingerprint density at radius 1 is 1.33 bits per heavy atom. The average Bonchev–Trinajstić information content (AvgIpc) is 2.80. The Kier molecular flexibility index (Phi) is 4.57. The number of nitrogens with one attached hydrogen (secondary N) is 1. The summed E-state index contributed by atoms with van der Waals surface area (Å²) in [6, 6.07) is 3.94. The molecule has 0 spiro atoms.